The number of aromatic nitrogens is 3. The number of ether oxygens (including phenoxy) is 3. The van der Waals surface area contributed by atoms with Crippen LogP contribution in [0.15, 0.2) is 41.8 Å². The van der Waals surface area contributed by atoms with Gasteiger partial charge in [0.25, 0.3) is 0 Å². The normalized spacial score (nSPS) is 14.0. The Labute approximate surface area is 193 Å². The van der Waals surface area contributed by atoms with Gasteiger partial charge in [0.1, 0.15) is 17.5 Å². The first kappa shape index (κ1) is 22.4. The van der Waals surface area contributed by atoms with E-state index in [0.717, 1.165) is 11.3 Å². The first-order valence-electron chi connectivity index (χ1n) is 10.3. The average Bonchev–Trinajstić information content (AvgIpc) is 3.35. The fourth-order valence-corrected chi connectivity index (χ4v) is 3.90. The van der Waals surface area contributed by atoms with E-state index in [9.17, 15) is 14.9 Å². The molecule has 0 spiro atoms. The Bertz CT molecular complexity index is 1100. The molecule has 3 heterocycles. The highest BCUT2D eigenvalue weighted by Gasteiger charge is 2.28. The predicted octanol–water partition coefficient (Wildman–Crippen LogP) is 4.44. The van der Waals surface area contributed by atoms with Crippen molar-refractivity contribution >= 4 is 29.2 Å². The molecule has 12 heteroatoms. The standard InChI is InChI=1S/C21H21N5O6S/c1-2-30-21(27)32-16-9-11-25(12-10-16)20-18(26(28)29)7-8-19(22-20)31-15-5-3-14(4-6-15)17-13-33-24-23-17/h3-8,13,16H,2,9-12H2,1H3. The van der Waals surface area contributed by atoms with Crippen LogP contribution in [0, 0.1) is 10.1 Å². The van der Waals surface area contributed by atoms with Gasteiger partial charge in [0.15, 0.2) is 0 Å². The molecule has 0 saturated carbocycles. The maximum Gasteiger partial charge on any atom is 0.508 e. The second-order valence-electron chi connectivity index (χ2n) is 7.15. The van der Waals surface area contributed by atoms with Gasteiger partial charge in [0.2, 0.25) is 11.7 Å². The van der Waals surface area contributed by atoms with E-state index in [1.54, 1.807) is 24.0 Å². The van der Waals surface area contributed by atoms with E-state index in [1.165, 1.54) is 23.7 Å². The van der Waals surface area contributed by atoms with Gasteiger partial charge in [-0.25, -0.2) is 4.79 Å². The molecule has 0 amide bonds. The molecular weight excluding hydrogens is 450 g/mol. The molecule has 33 heavy (non-hydrogen) atoms. The molecule has 172 valence electrons. The van der Waals surface area contributed by atoms with E-state index in [1.807, 2.05) is 17.5 Å². The minimum atomic E-state index is -0.701. The minimum absolute atomic E-state index is 0.113. The van der Waals surface area contributed by atoms with Crippen molar-refractivity contribution in [2.75, 3.05) is 24.6 Å². The zero-order valence-corrected chi connectivity index (χ0v) is 18.6. The highest BCUT2D eigenvalue weighted by atomic mass is 32.1. The van der Waals surface area contributed by atoms with Crippen LogP contribution in [0.4, 0.5) is 16.3 Å². The number of piperidine rings is 1. The largest absolute Gasteiger partial charge is 0.508 e. The second-order valence-corrected chi connectivity index (χ2v) is 7.76. The van der Waals surface area contributed by atoms with Crippen LogP contribution >= 0.6 is 11.5 Å². The quantitative estimate of drug-likeness (QED) is 0.277. The third kappa shape index (κ3) is 5.52. The molecule has 2 aromatic heterocycles. The zero-order chi connectivity index (χ0) is 23.2. The highest BCUT2D eigenvalue weighted by Crippen LogP contribution is 2.33. The van der Waals surface area contributed by atoms with Crippen LogP contribution in [0.3, 0.4) is 0 Å². The highest BCUT2D eigenvalue weighted by molar-refractivity contribution is 7.03. The molecule has 0 unspecified atom stereocenters. The van der Waals surface area contributed by atoms with Crippen LogP contribution in [0.25, 0.3) is 11.3 Å². The summed E-state index contributed by atoms with van der Waals surface area (Å²) in [7, 11) is 0. The molecule has 0 radical (unpaired) electrons. The van der Waals surface area contributed by atoms with Crippen molar-refractivity contribution in [2.45, 2.75) is 25.9 Å². The Morgan fingerprint density at radius 3 is 2.61 bits per heavy atom. The van der Waals surface area contributed by atoms with Crippen molar-refractivity contribution in [1.82, 2.24) is 14.6 Å². The Hall–Kier alpha value is -3.80. The number of carbonyl (C=O) groups is 1. The lowest BCUT2D eigenvalue weighted by Gasteiger charge is -2.31. The van der Waals surface area contributed by atoms with Crippen molar-refractivity contribution in [3.05, 3.63) is 51.9 Å². The average molecular weight is 471 g/mol. The van der Waals surface area contributed by atoms with Crippen LogP contribution < -0.4 is 9.64 Å². The number of carbonyl (C=O) groups excluding carboxylic acids is 1. The van der Waals surface area contributed by atoms with Gasteiger partial charge < -0.3 is 19.1 Å². The fraction of sp³-hybridized carbons (Fsp3) is 0.333. The molecule has 3 aromatic rings. The van der Waals surface area contributed by atoms with Gasteiger partial charge in [-0.05, 0) is 42.7 Å². The van der Waals surface area contributed by atoms with Crippen molar-refractivity contribution in [3.63, 3.8) is 0 Å². The topological polar surface area (TPSA) is 130 Å². The molecule has 1 saturated heterocycles. The summed E-state index contributed by atoms with van der Waals surface area (Å²) in [5, 5.41) is 17.4. The maximum atomic E-state index is 11.6. The third-order valence-electron chi connectivity index (χ3n) is 5.02. The SMILES string of the molecule is CCOC(=O)OC1CCN(c2nc(Oc3ccc(-c4csnn4)cc3)ccc2[N+](=O)[O-])CC1. The first-order valence-corrected chi connectivity index (χ1v) is 11.2. The van der Waals surface area contributed by atoms with Crippen LogP contribution in [-0.2, 0) is 9.47 Å². The smallest absolute Gasteiger partial charge is 0.439 e. The van der Waals surface area contributed by atoms with Crippen LogP contribution in [0.5, 0.6) is 11.6 Å². The number of pyridine rings is 1. The fourth-order valence-electron chi connectivity index (χ4n) is 3.43. The van der Waals surface area contributed by atoms with Crippen molar-refractivity contribution in [3.8, 4) is 22.9 Å². The van der Waals surface area contributed by atoms with E-state index in [0.29, 0.717) is 31.7 Å². The molecule has 0 atom stereocenters. The molecule has 0 aliphatic carbocycles. The van der Waals surface area contributed by atoms with Gasteiger partial charge in [-0.15, -0.1) is 5.10 Å². The molecule has 1 aromatic carbocycles. The van der Waals surface area contributed by atoms with Gasteiger partial charge in [0, 0.05) is 49.0 Å². The Morgan fingerprint density at radius 2 is 1.97 bits per heavy atom. The third-order valence-corrected chi connectivity index (χ3v) is 5.53. The van der Waals surface area contributed by atoms with E-state index in [4.69, 9.17) is 14.2 Å². The number of nitro groups is 1. The van der Waals surface area contributed by atoms with E-state index in [-0.39, 0.29) is 30.1 Å². The Kier molecular flexibility index (Phi) is 6.93. The van der Waals surface area contributed by atoms with Gasteiger partial charge in [-0.1, -0.05) is 4.49 Å². The Balaban J connectivity index is 1.46. The lowest BCUT2D eigenvalue weighted by Crippen LogP contribution is -2.38. The monoisotopic (exact) mass is 471 g/mol. The van der Waals surface area contributed by atoms with Gasteiger partial charge >= 0.3 is 11.8 Å². The van der Waals surface area contributed by atoms with Crippen LogP contribution in [0.1, 0.15) is 19.8 Å². The maximum absolute atomic E-state index is 11.6. The Morgan fingerprint density at radius 1 is 1.21 bits per heavy atom. The molecule has 1 fully saturated rings. The number of anilines is 1. The summed E-state index contributed by atoms with van der Waals surface area (Å²) in [6, 6.07) is 10.1. The molecule has 11 nitrogen and oxygen atoms in total. The molecule has 1 aliphatic rings. The van der Waals surface area contributed by atoms with Crippen LogP contribution in [0.2, 0.25) is 0 Å². The first-order chi connectivity index (χ1) is 16.0. The van der Waals surface area contributed by atoms with E-state index < -0.39 is 11.1 Å². The summed E-state index contributed by atoms with van der Waals surface area (Å²) in [5.74, 6) is 0.997. The summed E-state index contributed by atoms with van der Waals surface area (Å²) in [6.07, 6.45) is 0.0171. The number of benzene rings is 1. The molecule has 4 rings (SSSR count). The summed E-state index contributed by atoms with van der Waals surface area (Å²) >= 11 is 1.27. The summed E-state index contributed by atoms with van der Waals surface area (Å²) in [6.45, 7) is 2.83. The minimum Gasteiger partial charge on any atom is -0.439 e. The molecule has 1 aliphatic heterocycles. The van der Waals surface area contributed by atoms with Crippen molar-refractivity contribution in [2.24, 2.45) is 0 Å². The van der Waals surface area contributed by atoms with Gasteiger partial charge in [-0.3, -0.25) is 10.1 Å². The molecule has 0 bridgehead atoms. The number of hydrogen-bond acceptors (Lipinski definition) is 11. The lowest BCUT2D eigenvalue weighted by molar-refractivity contribution is -0.384. The van der Waals surface area contributed by atoms with Crippen molar-refractivity contribution in [1.29, 1.82) is 0 Å². The predicted molar refractivity (Wildman–Crippen MR) is 120 cm³/mol. The van der Waals surface area contributed by atoms with Gasteiger partial charge in [-0.2, -0.15) is 4.98 Å². The number of hydrogen-bond donors (Lipinski definition) is 0. The summed E-state index contributed by atoms with van der Waals surface area (Å²) in [5.41, 5.74) is 1.57. The lowest BCUT2D eigenvalue weighted by atomic mass is 10.1. The van der Waals surface area contributed by atoms with E-state index in [2.05, 4.69) is 14.6 Å². The van der Waals surface area contributed by atoms with E-state index >= 15 is 0 Å². The number of nitrogens with zero attached hydrogens (tertiary/aromatic N) is 5. The molecular formula is C21H21N5O6S. The van der Waals surface area contributed by atoms with Gasteiger partial charge in [0.05, 0.1) is 11.5 Å². The second kappa shape index (κ2) is 10.2. The summed E-state index contributed by atoms with van der Waals surface area (Å²) in [4.78, 5) is 28.8. The number of rotatable bonds is 7. The van der Waals surface area contributed by atoms with Crippen molar-refractivity contribution < 1.29 is 23.9 Å². The van der Waals surface area contributed by atoms with Crippen LogP contribution in [-0.4, -0.2) is 51.4 Å². The zero-order valence-electron chi connectivity index (χ0n) is 17.7. The molecule has 0 N–H and O–H groups in total. The summed E-state index contributed by atoms with van der Waals surface area (Å²) < 4.78 is 19.8.